The molecule has 240 valence electrons. The van der Waals surface area contributed by atoms with Gasteiger partial charge in [-0.3, -0.25) is 0 Å². The maximum atomic E-state index is 11.3. The molecule has 1 atom stereocenters. The predicted octanol–water partition coefficient (Wildman–Crippen LogP) is 8.17. The molecule has 0 aliphatic rings. The van der Waals surface area contributed by atoms with Crippen LogP contribution in [0.25, 0.3) is 0 Å². The number of carboxylic acids is 1. The van der Waals surface area contributed by atoms with E-state index in [4.69, 9.17) is 0 Å². The first-order valence-corrected chi connectivity index (χ1v) is 18.6. The third kappa shape index (κ3) is 32.8. The molecule has 0 amide bonds. The molecule has 1 unspecified atom stereocenters. The largest absolute Gasteiger partial charge is 1.00 e. The molecule has 0 saturated carbocycles. The molecule has 0 radical (unpaired) electrons. The molecular weight excluding hydrogens is 497 g/mol. The van der Waals surface area contributed by atoms with Crippen molar-refractivity contribution in [3.8, 4) is 0 Å². The van der Waals surface area contributed by atoms with Crippen LogP contribution in [0.2, 0.25) is 0 Å². The van der Waals surface area contributed by atoms with Gasteiger partial charge in [0.2, 0.25) is 0 Å². The third-order valence-corrected chi connectivity index (χ3v) is 8.99. The van der Waals surface area contributed by atoms with Crippen LogP contribution in [0.5, 0.6) is 0 Å². The first kappa shape index (κ1) is 43.2. The summed E-state index contributed by atoms with van der Waals surface area (Å²) >= 11 is 0. The molecule has 0 aliphatic heterocycles. The Labute approximate surface area is 271 Å². The van der Waals surface area contributed by atoms with Crippen molar-refractivity contribution in [1.29, 1.82) is 0 Å². The Morgan fingerprint density at radius 3 is 0.927 bits per heavy atom. The Morgan fingerprint density at radius 2 is 0.707 bits per heavy atom. The fraction of sp³-hybridized carbons (Fsp3) is 0.973. The monoisotopic (exact) mass is 572 g/mol. The SMILES string of the molecule is CCCCCCCCCCCCCCCCN(CCCCCCCCCCCCCCCC)C(CC)CC(=O)[O-].[Li+]. The van der Waals surface area contributed by atoms with Gasteiger partial charge in [-0.05, 0) is 32.4 Å². The maximum absolute atomic E-state index is 11.3. The van der Waals surface area contributed by atoms with Crippen molar-refractivity contribution in [2.45, 2.75) is 219 Å². The molecule has 0 fully saturated rings. The number of hydrogen-bond acceptors (Lipinski definition) is 3. The van der Waals surface area contributed by atoms with Gasteiger partial charge in [0, 0.05) is 18.4 Å². The first-order chi connectivity index (χ1) is 19.7. The average Bonchev–Trinajstić information content (AvgIpc) is 2.95. The van der Waals surface area contributed by atoms with E-state index >= 15 is 0 Å². The van der Waals surface area contributed by atoms with E-state index in [1.165, 1.54) is 180 Å². The minimum absolute atomic E-state index is 0. The standard InChI is InChI=1S/C37H75NO2.Li/c1-4-7-9-11-13-15-17-19-21-23-25-27-29-31-33-38(36(6-3)35-37(39)40)34-32-30-28-26-24-22-20-18-16-14-12-10-8-5-2;/h36H,4-35H2,1-3H3,(H,39,40);/q;+1/p-1. The van der Waals surface area contributed by atoms with Crippen LogP contribution in [-0.4, -0.2) is 30.0 Å². The van der Waals surface area contributed by atoms with Gasteiger partial charge in [-0.25, -0.2) is 0 Å². The number of rotatable bonds is 34. The number of hydrogen-bond donors (Lipinski definition) is 0. The Hall–Kier alpha value is 0.0274. The molecular formula is C37H74LiNO2. The zero-order valence-electron chi connectivity index (χ0n) is 29.0. The number of carbonyl (C=O) groups is 1. The van der Waals surface area contributed by atoms with Crippen LogP contribution in [0.1, 0.15) is 213 Å². The van der Waals surface area contributed by atoms with Crippen LogP contribution in [0.3, 0.4) is 0 Å². The van der Waals surface area contributed by atoms with E-state index in [2.05, 4.69) is 25.7 Å². The van der Waals surface area contributed by atoms with Crippen molar-refractivity contribution in [2.24, 2.45) is 0 Å². The third-order valence-electron chi connectivity index (χ3n) is 8.99. The van der Waals surface area contributed by atoms with E-state index in [0.717, 1.165) is 19.5 Å². The van der Waals surface area contributed by atoms with Gasteiger partial charge in [0.25, 0.3) is 0 Å². The Morgan fingerprint density at radius 1 is 0.463 bits per heavy atom. The van der Waals surface area contributed by atoms with Crippen LogP contribution >= 0.6 is 0 Å². The van der Waals surface area contributed by atoms with Crippen LogP contribution in [-0.2, 0) is 4.79 Å². The smallest absolute Gasteiger partial charge is 0.550 e. The van der Waals surface area contributed by atoms with Crippen molar-refractivity contribution in [2.75, 3.05) is 13.1 Å². The van der Waals surface area contributed by atoms with Crippen LogP contribution < -0.4 is 24.0 Å². The summed E-state index contributed by atoms with van der Waals surface area (Å²) in [7, 11) is 0. The van der Waals surface area contributed by atoms with Crippen molar-refractivity contribution < 1.29 is 28.8 Å². The van der Waals surface area contributed by atoms with E-state index in [-0.39, 0.29) is 31.3 Å². The number of unbranched alkanes of at least 4 members (excludes halogenated alkanes) is 26. The van der Waals surface area contributed by atoms with Crippen molar-refractivity contribution >= 4 is 5.97 Å². The fourth-order valence-corrected chi connectivity index (χ4v) is 6.22. The quantitative estimate of drug-likeness (QED) is 0.0578. The molecule has 0 heterocycles. The number of aliphatic carboxylic acids is 1. The Balaban J connectivity index is 0. The molecule has 3 nitrogen and oxygen atoms in total. The summed E-state index contributed by atoms with van der Waals surface area (Å²) in [4.78, 5) is 13.8. The topological polar surface area (TPSA) is 43.4 Å². The molecule has 0 bridgehead atoms. The van der Waals surface area contributed by atoms with Gasteiger partial charge in [-0.1, -0.05) is 188 Å². The van der Waals surface area contributed by atoms with Gasteiger partial charge < -0.3 is 14.8 Å². The molecule has 4 heteroatoms. The molecule has 0 rings (SSSR count). The van der Waals surface area contributed by atoms with E-state index < -0.39 is 5.97 Å². The summed E-state index contributed by atoms with van der Waals surface area (Å²) < 4.78 is 0. The van der Waals surface area contributed by atoms with E-state index in [9.17, 15) is 9.90 Å². The van der Waals surface area contributed by atoms with E-state index in [1.54, 1.807) is 0 Å². The van der Waals surface area contributed by atoms with Gasteiger partial charge in [-0.2, -0.15) is 0 Å². The predicted molar refractivity (Wildman–Crippen MR) is 176 cm³/mol. The van der Waals surface area contributed by atoms with Crippen molar-refractivity contribution in [3.63, 3.8) is 0 Å². The summed E-state index contributed by atoms with van der Waals surface area (Å²) in [5, 5.41) is 11.3. The van der Waals surface area contributed by atoms with Crippen LogP contribution in [0.4, 0.5) is 0 Å². The fourth-order valence-electron chi connectivity index (χ4n) is 6.22. The van der Waals surface area contributed by atoms with E-state index in [1.807, 2.05) is 0 Å². The summed E-state index contributed by atoms with van der Waals surface area (Å²) in [5.41, 5.74) is 0. The van der Waals surface area contributed by atoms with Gasteiger partial charge in [0.1, 0.15) is 0 Å². The van der Waals surface area contributed by atoms with Gasteiger partial charge in [-0.15, -0.1) is 0 Å². The summed E-state index contributed by atoms with van der Waals surface area (Å²) in [6, 6.07) is 0.147. The molecule has 0 aliphatic carbocycles. The minimum Gasteiger partial charge on any atom is -0.550 e. The molecule has 41 heavy (non-hydrogen) atoms. The van der Waals surface area contributed by atoms with Crippen molar-refractivity contribution in [3.05, 3.63) is 0 Å². The van der Waals surface area contributed by atoms with Gasteiger partial charge >= 0.3 is 18.9 Å². The second-order valence-corrected chi connectivity index (χ2v) is 12.9. The van der Waals surface area contributed by atoms with Gasteiger partial charge in [0.15, 0.2) is 0 Å². The number of carbonyl (C=O) groups excluding carboxylic acids is 1. The average molecular weight is 572 g/mol. The number of nitrogens with zero attached hydrogens (tertiary/aromatic N) is 1. The van der Waals surface area contributed by atoms with Crippen LogP contribution in [0.15, 0.2) is 0 Å². The summed E-state index contributed by atoms with van der Waals surface area (Å²) in [6.07, 6.45) is 39.8. The number of carboxylic acid groups (broad SMARTS) is 1. The Kier molecular flexibility index (Phi) is 38.1. The minimum atomic E-state index is -0.890. The molecule has 0 saturated heterocycles. The molecule has 0 aromatic carbocycles. The normalized spacial score (nSPS) is 12.1. The molecule has 0 aromatic heterocycles. The molecule has 0 spiro atoms. The molecule has 0 N–H and O–H groups in total. The first-order valence-electron chi connectivity index (χ1n) is 18.6. The van der Waals surface area contributed by atoms with E-state index in [0.29, 0.717) is 0 Å². The summed E-state index contributed by atoms with van der Waals surface area (Å²) in [5.74, 6) is -0.890. The van der Waals surface area contributed by atoms with Crippen LogP contribution in [0, 0.1) is 0 Å². The zero-order chi connectivity index (χ0) is 29.4. The zero-order valence-corrected chi connectivity index (χ0v) is 29.0. The second kappa shape index (κ2) is 36.2. The molecule has 0 aromatic rings. The summed E-state index contributed by atoms with van der Waals surface area (Å²) in [6.45, 7) is 8.83. The van der Waals surface area contributed by atoms with Crippen molar-refractivity contribution in [1.82, 2.24) is 4.90 Å². The van der Waals surface area contributed by atoms with Gasteiger partial charge in [0.05, 0.1) is 0 Å². The Bertz CT molecular complexity index is 469. The maximum Gasteiger partial charge on any atom is 1.00 e. The second-order valence-electron chi connectivity index (χ2n) is 12.9.